The molecule has 2 aliphatic rings. The van der Waals surface area contributed by atoms with Crippen LogP contribution in [0, 0.1) is 0 Å². The first-order valence-corrected chi connectivity index (χ1v) is 12.3. The Hall–Kier alpha value is -3.73. The predicted molar refractivity (Wildman–Crippen MR) is 140 cm³/mol. The molecule has 3 aromatic carbocycles. The Morgan fingerprint density at radius 3 is 2.43 bits per heavy atom. The number of allylic oxidation sites excluding steroid dienone is 1. The van der Waals surface area contributed by atoms with Gasteiger partial charge in [-0.1, -0.05) is 43.3 Å². The third-order valence-corrected chi connectivity index (χ3v) is 7.00. The maximum Gasteiger partial charge on any atom is 0.163 e. The molecule has 0 saturated carbocycles. The Balaban J connectivity index is 1.52. The van der Waals surface area contributed by atoms with Crippen LogP contribution in [0.5, 0.6) is 11.5 Å². The number of anilines is 2. The number of nitrogens with one attached hydrogen (secondary N) is 2. The summed E-state index contributed by atoms with van der Waals surface area (Å²) in [6.07, 6.45) is 2.34. The summed E-state index contributed by atoms with van der Waals surface area (Å²) in [6, 6.07) is 24.1. The minimum atomic E-state index is -0.238. The van der Waals surface area contributed by atoms with Gasteiger partial charge >= 0.3 is 0 Å². The average molecular weight is 469 g/mol. The number of ether oxygens (including phenoxy) is 2. The molecular formula is C30H32N2O3. The van der Waals surface area contributed by atoms with Gasteiger partial charge in [0.25, 0.3) is 0 Å². The second-order valence-electron chi connectivity index (χ2n) is 9.35. The molecule has 0 saturated heterocycles. The van der Waals surface area contributed by atoms with Crippen LogP contribution in [0.4, 0.5) is 11.4 Å². The van der Waals surface area contributed by atoms with Crippen LogP contribution in [-0.2, 0) is 4.79 Å². The fraction of sp³-hybridized carbons (Fsp3) is 0.300. The summed E-state index contributed by atoms with van der Waals surface area (Å²) in [5.41, 5.74) is 5.93. The molecule has 3 unspecified atom stereocenters. The summed E-state index contributed by atoms with van der Waals surface area (Å²) in [5.74, 6) is 1.92. The summed E-state index contributed by atoms with van der Waals surface area (Å²) in [4.78, 5) is 13.7. The SMILES string of the molecule is CCC(C)Oc1ccc(C2Nc3ccccc3NC3=C2C(=O)CC(c2cccc(OC)c2)C3)cc1. The Labute approximate surface area is 207 Å². The van der Waals surface area contributed by atoms with E-state index in [2.05, 4.69) is 54.8 Å². The first-order valence-electron chi connectivity index (χ1n) is 12.3. The molecule has 35 heavy (non-hydrogen) atoms. The largest absolute Gasteiger partial charge is 0.497 e. The van der Waals surface area contributed by atoms with Gasteiger partial charge in [-0.15, -0.1) is 0 Å². The lowest BCUT2D eigenvalue weighted by molar-refractivity contribution is -0.116. The number of hydrogen-bond acceptors (Lipinski definition) is 5. The van der Waals surface area contributed by atoms with E-state index in [1.165, 1.54) is 0 Å². The van der Waals surface area contributed by atoms with Crippen LogP contribution in [-0.4, -0.2) is 19.0 Å². The number of Topliss-reactive ketones (excluding diaryl/α,β-unsaturated/α-hetero) is 1. The summed E-state index contributed by atoms with van der Waals surface area (Å²) in [7, 11) is 1.67. The maximum atomic E-state index is 13.7. The number of carbonyl (C=O) groups excluding carboxylic acids is 1. The lowest BCUT2D eigenvalue weighted by Gasteiger charge is -2.30. The summed E-state index contributed by atoms with van der Waals surface area (Å²) in [5, 5.41) is 7.25. The molecule has 5 heteroatoms. The molecular weight excluding hydrogens is 436 g/mol. The molecule has 5 nitrogen and oxygen atoms in total. The normalized spacial score (nSPS) is 20.0. The number of carbonyl (C=O) groups is 1. The Kier molecular flexibility index (Phi) is 6.49. The van der Waals surface area contributed by atoms with Crippen molar-refractivity contribution in [3.05, 3.63) is 95.2 Å². The highest BCUT2D eigenvalue weighted by Gasteiger charge is 2.36. The zero-order valence-corrected chi connectivity index (χ0v) is 20.5. The Bertz CT molecular complexity index is 1250. The van der Waals surface area contributed by atoms with Gasteiger partial charge in [0, 0.05) is 17.7 Å². The Morgan fingerprint density at radius 2 is 1.69 bits per heavy atom. The monoisotopic (exact) mass is 468 g/mol. The van der Waals surface area contributed by atoms with Crippen molar-refractivity contribution in [1.82, 2.24) is 0 Å². The molecule has 2 N–H and O–H groups in total. The first kappa shape index (κ1) is 23.0. The predicted octanol–water partition coefficient (Wildman–Crippen LogP) is 6.85. The van der Waals surface area contributed by atoms with Crippen molar-refractivity contribution in [3.63, 3.8) is 0 Å². The van der Waals surface area contributed by atoms with Crippen LogP contribution < -0.4 is 20.1 Å². The minimum absolute atomic E-state index is 0.0982. The van der Waals surface area contributed by atoms with Crippen LogP contribution in [0.15, 0.2) is 84.1 Å². The number of methoxy groups -OCH3 is 1. The van der Waals surface area contributed by atoms with Crippen molar-refractivity contribution in [2.75, 3.05) is 17.7 Å². The molecule has 0 amide bonds. The summed E-state index contributed by atoms with van der Waals surface area (Å²) >= 11 is 0. The molecule has 1 aliphatic heterocycles. The van der Waals surface area contributed by atoms with Gasteiger partial charge < -0.3 is 20.1 Å². The third kappa shape index (κ3) is 4.76. The van der Waals surface area contributed by atoms with Gasteiger partial charge in [-0.05, 0) is 73.2 Å². The van der Waals surface area contributed by atoms with Crippen molar-refractivity contribution >= 4 is 17.2 Å². The molecule has 0 fully saturated rings. The lowest BCUT2D eigenvalue weighted by atomic mass is 9.78. The molecule has 3 atom stereocenters. The van der Waals surface area contributed by atoms with Crippen molar-refractivity contribution in [2.24, 2.45) is 0 Å². The summed E-state index contributed by atoms with van der Waals surface area (Å²) in [6.45, 7) is 4.18. The standard InChI is InChI=1S/C30H32N2O3/c1-4-19(2)35-23-14-12-20(13-15-23)30-29-27(31-25-10-5-6-11-26(25)32-30)17-22(18-28(29)33)21-8-7-9-24(16-21)34-3/h5-16,19,22,30-32H,4,17-18H2,1-3H3. The van der Waals surface area contributed by atoms with Gasteiger partial charge in [-0.25, -0.2) is 0 Å². The summed E-state index contributed by atoms with van der Waals surface area (Å²) < 4.78 is 11.4. The number of fused-ring (bicyclic) bond motifs is 1. The zero-order valence-electron chi connectivity index (χ0n) is 20.5. The van der Waals surface area contributed by atoms with E-state index in [9.17, 15) is 4.79 Å². The van der Waals surface area contributed by atoms with Gasteiger partial charge in [-0.3, -0.25) is 4.79 Å². The first-order chi connectivity index (χ1) is 17.1. The highest BCUT2D eigenvalue weighted by molar-refractivity contribution is 6.01. The van der Waals surface area contributed by atoms with E-state index in [0.29, 0.717) is 6.42 Å². The fourth-order valence-electron chi connectivity index (χ4n) is 4.93. The highest BCUT2D eigenvalue weighted by atomic mass is 16.5. The van der Waals surface area contributed by atoms with Crippen molar-refractivity contribution < 1.29 is 14.3 Å². The van der Waals surface area contributed by atoms with E-state index in [0.717, 1.165) is 58.1 Å². The van der Waals surface area contributed by atoms with Crippen LogP contribution in [0.3, 0.4) is 0 Å². The molecule has 0 radical (unpaired) electrons. The number of rotatable bonds is 6. The van der Waals surface area contributed by atoms with E-state index in [1.54, 1.807) is 7.11 Å². The van der Waals surface area contributed by atoms with Crippen LogP contribution >= 0.6 is 0 Å². The molecule has 5 rings (SSSR count). The van der Waals surface area contributed by atoms with Crippen LogP contribution in [0.2, 0.25) is 0 Å². The van der Waals surface area contributed by atoms with E-state index < -0.39 is 0 Å². The molecule has 1 heterocycles. The van der Waals surface area contributed by atoms with Gasteiger partial charge in [0.05, 0.1) is 30.6 Å². The number of para-hydroxylation sites is 2. The van der Waals surface area contributed by atoms with E-state index in [1.807, 2.05) is 42.5 Å². The average Bonchev–Trinajstić information content (AvgIpc) is 3.06. The second kappa shape index (κ2) is 9.87. The van der Waals surface area contributed by atoms with Crippen molar-refractivity contribution in [3.8, 4) is 11.5 Å². The van der Waals surface area contributed by atoms with Gasteiger partial charge in [0.2, 0.25) is 0 Å². The molecule has 1 aliphatic carbocycles. The fourth-order valence-corrected chi connectivity index (χ4v) is 4.93. The number of ketones is 1. The smallest absolute Gasteiger partial charge is 0.163 e. The van der Waals surface area contributed by atoms with Crippen LogP contribution in [0.1, 0.15) is 56.2 Å². The minimum Gasteiger partial charge on any atom is -0.497 e. The Morgan fingerprint density at radius 1 is 0.914 bits per heavy atom. The van der Waals surface area contributed by atoms with E-state index >= 15 is 0 Å². The van der Waals surface area contributed by atoms with Gasteiger partial charge in [0.15, 0.2) is 5.78 Å². The van der Waals surface area contributed by atoms with Gasteiger partial charge in [-0.2, -0.15) is 0 Å². The van der Waals surface area contributed by atoms with E-state index in [4.69, 9.17) is 9.47 Å². The molecule has 3 aromatic rings. The van der Waals surface area contributed by atoms with Gasteiger partial charge in [0.1, 0.15) is 11.5 Å². The number of hydrogen-bond donors (Lipinski definition) is 2. The molecule has 0 bridgehead atoms. The molecule has 180 valence electrons. The second-order valence-corrected chi connectivity index (χ2v) is 9.35. The maximum absolute atomic E-state index is 13.7. The highest BCUT2D eigenvalue weighted by Crippen LogP contribution is 2.44. The third-order valence-electron chi connectivity index (χ3n) is 7.00. The van der Waals surface area contributed by atoms with E-state index in [-0.39, 0.29) is 23.8 Å². The zero-order chi connectivity index (χ0) is 24.4. The van der Waals surface area contributed by atoms with Crippen molar-refractivity contribution in [1.29, 1.82) is 0 Å². The van der Waals surface area contributed by atoms with Crippen molar-refractivity contribution in [2.45, 2.75) is 51.2 Å². The van der Waals surface area contributed by atoms with Crippen LogP contribution in [0.25, 0.3) is 0 Å². The topological polar surface area (TPSA) is 59.6 Å². The quantitative estimate of drug-likeness (QED) is 0.414. The lowest BCUT2D eigenvalue weighted by Crippen LogP contribution is -2.26. The molecule has 0 spiro atoms. The number of benzene rings is 3. The molecule has 0 aromatic heterocycles.